The Labute approximate surface area is 141 Å². The fourth-order valence-electron chi connectivity index (χ4n) is 2.09. The lowest BCUT2D eigenvalue weighted by molar-refractivity contribution is -0.147. The molecule has 6 nitrogen and oxygen atoms in total. The number of aromatic hydroxyl groups is 1. The van der Waals surface area contributed by atoms with Crippen molar-refractivity contribution in [3.8, 4) is 17.2 Å². The number of amides is 1. The molecule has 3 N–H and O–H groups in total. The third-order valence-electron chi connectivity index (χ3n) is 3.29. The first-order valence-electron chi connectivity index (χ1n) is 7.23. The highest BCUT2D eigenvalue weighted by atomic mass is 19.1. The minimum absolute atomic E-state index is 0.0353. The number of phenolic OH excluding ortho intramolecular Hbond substituents is 1. The first-order chi connectivity index (χ1) is 11.7. The van der Waals surface area contributed by atoms with Crippen LogP contribution in [0.3, 0.4) is 0 Å². The van der Waals surface area contributed by atoms with Gasteiger partial charge in [0, 0.05) is 23.4 Å². The number of aliphatic carboxylic acids is 1. The Morgan fingerprint density at radius 2 is 1.72 bits per heavy atom. The molecule has 0 spiro atoms. The van der Waals surface area contributed by atoms with Crippen molar-refractivity contribution in [3.63, 3.8) is 0 Å². The highest BCUT2D eigenvalue weighted by Crippen LogP contribution is 2.34. The van der Waals surface area contributed by atoms with Crippen molar-refractivity contribution in [2.75, 3.05) is 5.32 Å². The third-order valence-corrected chi connectivity index (χ3v) is 3.29. The number of carbonyl (C=O) groups is 2. The maximum atomic E-state index is 14.1. The molecule has 0 unspecified atom stereocenters. The van der Waals surface area contributed by atoms with E-state index in [1.54, 1.807) is 0 Å². The lowest BCUT2D eigenvalue weighted by atomic mass is 10.0. The van der Waals surface area contributed by atoms with Gasteiger partial charge in [0.1, 0.15) is 11.5 Å². The second-order valence-corrected chi connectivity index (χ2v) is 5.51. The van der Waals surface area contributed by atoms with Gasteiger partial charge in [-0.05, 0) is 24.1 Å². The summed E-state index contributed by atoms with van der Waals surface area (Å²) < 4.78 is 33.3. The summed E-state index contributed by atoms with van der Waals surface area (Å²) in [7, 11) is 0. The minimum atomic E-state index is -1.79. The van der Waals surface area contributed by atoms with Crippen molar-refractivity contribution in [1.29, 1.82) is 0 Å². The van der Waals surface area contributed by atoms with Gasteiger partial charge in [0.25, 0.3) is 0 Å². The van der Waals surface area contributed by atoms with Crippen LogP contribution in [0.2, 0.25) is 0 Å². The zero-order chi connectivity index (χ0) is 18.7. The van der Waals surface area contributed by atoms with Crippen molar-refractivity contribution < 1.29 is 33.3 Å². The van der Waals surface area contributed by atoms with Gasteiger partial charge in [-0.25, -0.2) is 13.6 Å². The molecule has 0 aliphatic carbocycles. The fourth-order valence-corrected chi connectivity index (χ4v) is 2.09. The third kappa shape index (κ3) is 4.23. The van der Waals surface area contributed by atoms with E-state index in [2.05, 4.69) is 0 Å². The summed E-state index contributed by atoms with van der Waals surface area (Å²) in [6.07, 6.45) is 0. The average Bonchev–Trinajstić information content (AvgIpc) is 2.52. The SMILES string of the molecule is CC(C)c1cc(Oc2c(F)cc(NC(=O)C(=O)O)cc2F)ccc1O. The number of halogens is 2. The molecule has 0 atom stereocenters. The molecule has 2 rings (SSSR count). The lowest BCUT2D eigenvalue weighted by Gasteiger charge is -2.13. The Morgan fingerprint density at radius 3 is 2.24 bits per heavy atom. The predicted molar refractivity (Wildman–Crippen MR) is 84.9 cm³/mol. The Balaban J connectivity index is 2.30. The van der Waals surface area contributed by atoms with Gasteiger partial charge >= 0.3 is 11.9 Å². The molecule has 0 aromatic heterocycles. The summed E-state index contributed by atoms with van der Waals surface area (Å²) in [6.45, 7) is 3.67. The largest absolute Gasteiger partial charge is 0.508 e. The van der Waals surface area contributed by atoms with Gasteiger partial charge in [0.2, 0.25) is 0 Å². The van der Waals surface area contributed by atoms with Gasteiger partial charge in [-0.1, -0.05) is 13.8 Å². The number of nitrogens with one attached hydrogen (secondary N) is 1. The maximum Gasteiger partial charge on any atom is 0.394 e. The van der Waals surface area contributed by atoms with Crippen LogP contribution in [0.25, 0.3) is 0 Å². The van der Waals surface area contributed by atoms with Crippen LogP contribution >= 0.6 is 0 Å². The van der Waals surface area contributed by atoms with Crippen LogP contribution in [0.1, 0.15) is 25.3 Å². The Hall–Kier alpha value is -3.16. The topological polar surface area (TPSA) is 95.9 Å². The van der Waals surface area contributed by atoms with Gasteiger partial charge in [-0.15, -0.1) is 0 Å². The van der Waals surface area contributed by atoms with Crippen LogP contribution in [-0.2, 0) is 9.59 Å². The number of rotatable bonds is 4. The summed E-state index contributed by atoms with van der Waals surface area (Å²) in [5, 5.41) is 20.1. The molecular formula is C17H15F2NO5. The number of phenols is 1. The number of ether oxygens (including phenoxy) is 1. The average molecular weight is 351 g/mol. The van der Waals surface area contributed by atoms with Crippen molar-refractivity contribution in [2.24, 2.45) is 0 Å². The van der Waals surface area contributed by atoms with Gasteiger partial charge in [-0.3, -0.25) is 4.79 Å². The van der Waals surface area contributed by atoms with Crippen molar-refractivity contribution in [1.82, 2.24) is 0 Å². The standard InChI is InChI=1S/C17H15F2NO5/c1-8(2)11-7-10(3-4-14(11)21)25-15-12(18)5-9(6-13(15)19)20-16(22)17(23)24/h3-8,21H,1-2H3,(H,20,22)(H,23,24). The quantitative estimate of drug-likeness (QED) is 0.732. The molecule has 2 aromatic rings. The van der Waals surface area contributed by atoms with E-state index >= 15 is 0 Å². The van der Waals surface area contributed by atoms with Crippen molar-refractivity contribution in [3.05, 3.63) is 47.5 Å². The molecule has 0 saturated heterocycles. The summed E-state index contributed by atoms with van der Waals surface area (Å²) in [5.74, 6) is -6.06. The van der Waals surface area contributed by atoms with Crippen LogP contribution < -0.4 is 10.1 Å². The predicted octanol–water partition coefficient (Wildman–Crippen LogP) is 3.61. The Morgan fingerprint density at radius 1 is 1.12 bits per heavy atom. The summed E-state index contributed by atoms with van der Waals surface area (Å²) in [4.78, 5) is 21.5. The molecule has 0 radical (unpaired) electrons. The van der Waals surface area contributed by atoms with Crippen LogP contribution in [-0.4, -0.2) is 22.1 Å². The van der Waals surface area contributed by atoms with Crippen molar-refractivity contribution in [2.45, 2.75) is 19.8 Å². The van der Waals surface area contributed by atoms with E-state index < -0.39 is 29.3 Å². The molecule has 2 aromatic carbocycles. The second-order valence-electron chi connectivity index (χ2n) is 5.51. The van der Waals surface area contributed by atoms with E-state index in [0.717, 1.165) is 12.1 Å². The molecule has 25 heavy (non-hydrogen) atoms. The molecule has 0 heterocycles. The number of hydrogen-bond acceptors (Lipinski definition) is 4. The zero-order valence-corrected chi connectivity index (χ0v) is 13.3. The molecule has 0 aliphatic heterocycles. The molecule has 132 valence electrons. The fraction of sp³-hybridized carbons (Fsp3) is 0.176. The molecule has 8 heteroatoms. The van der Waals surface area contributed by atoms with Crippen LogP contribution in [0, 0.1) is 11.6 Å². The molecule has 0 saturated carbocycles. The highest BCUT2D eigenvalue weighted by molar-refractivity contribution is 6.36. The van der Waals surface area contributed by atoms with Crippen LogP contribution in [0.15, 0.2) is 30.3 Å². The first-order valence-corrected chi connectivity index (χ1v) is 7.23. The number of carbonyl (C=O) groups excluding carboxylic acids is 1. The number of benzene rings is 2. The number of carboxylic acids is 1. The van der Waals surface area contributed by atoms with E-state index in [1.807, 2.05) is 19.2 Å². The summed E-state index contributed by atoms with van der Waals surface area (Å²) in [6, 6.07) is 5.63. The van der Waals surface area contributed by atoms with Gasteiger partial charge < -0.3 is 20.3 Å². The van der Waals surface area contributed by atoms with Gasteiger partial charge in [0.15, 0.2) is 17.4 Å². The molecule has 0 aliphatic rings. The number of carboxylic acid groups (broad SMARTS) is 1. The zero-order valence-electron chi connectivity index (χ0n) is 13.3. The van der Waals surface area contributed by atoms with Crippen LogP contribution in [0.5, 0.6) is 17.2 Å². The second kappa shape index (κ2) is 7.16. The van der Waals surface area contributed by atoms with Gasteiger partial charge in [-0.2, -0.15) is 0 Å². The van der Waals surface area contributed by atoms with Gasteiger partial charge in [0.05, 0.1) is 0 Å². The van der Waals surface area contributed by atoms with E-state index in [1.165, 1.54) is 18.2 Å². The summed E-state index contributed by atoms with van der Waals surface area (Å²) in [5.41, 5.74) is 0.187. The van der Waals surface area contributed by atoms with E-state index in [9.17, 15) is 23.5 Å². The van der Waals surface area contributed by atoms with E-state index in [-0.39, 0.29) is 23.1 Å². The number of hydrogen-bond donors (Lipinski definition) is 3. The lowest BCUT2D eigenvalue weighted by Crippen LogP contribution is -2.22. The van der Waals surface area contributed by atoms with Crippen molar-refractivity contribution >= 4 is 17.6 Å². The van der Waals surface area contributed by atoms with E-state index in [0.29, 0.717) is 5.56 Å². The maximum absolute atomic E-state index is 14.1. The first kappa shape index (κ1) is 18.2. The summed E-state index contributed by atoms with van der Waals surface area (Å²) >= 11 is 0. The van der Waals surface area contributed by atoms with Crippen LogP contribution in [0.4, 0.5) is 14.5 Å². The molecule has 1 amide bonds. The van der Waals surface area contributed by atoms with E-state index in [4.69, 9.17) is 9.84 Å². The monoisotopic (exact) mass is 351 g/mol. The Bertz CT molecular complexity index is 813. The smallest absolute Gasteiger partial charge is 0.394 e. The molecule has 0 fully saturated rings. The Kier molecular flexibility index (Phi) is 5.21. The highest BCUT2D eigenvalue weighted by Gasteiger charge is 2.18. The number of anilines is 1. The minimum Gasteiger partial charge on any atom is -0.508 e. The molecule has 0 bridgehead atoms. The normalized spacial score (nSPS) is 10.6. The molecular weight excluding hydrogens is 336 g/mol.